The molecule has 0 saturated carbocycles. The molecule has 3 rings (SSSR count). The van der Waals surface area contributed by atoms with E-state index in [-0.39, 0.29) is 17.0 Å². The molecular formula is C24H22O5S2. The number of carboxylic acids is 2. The summed E-state index contributed by atoms with van der Waals surface area (Å²) in [7, 11) is 0. The molecule has 160 valence electrons. The first-order valence-electron chi connectivity index (χ1n) is 9.62. The van der Waals surface area contributed by atoms with Crippen LogP contribution in [0.25, 0.3) is 0 Å². The van der Waals surface area contributed by atoms with Crippen LogP contribution in [0.1, 0.15) is 20.7 Å². The van der Waals surface area contributed by atoms with E-state index < -0.39 is 11.9 Å². The minimum atomic E-state index is -1.29. The van der Waals surface area contributed by atoms with Crippen LogP contribution in [0.3, 0.4) is 0 Å². The lowest BCUT2D eigenvalue weighted by atomic mass is 10.1. The predicted molar refractivity (Wildman–Crippen MR) is 124 cm³/mol. The zero-order valence-electron chi connectivity index (χ0n) is 16.6. The number of hydrogen-bond acceptors (Lipinski definition) is 5. The highest BCUT2D eigenvalue weighted by Crippen LogP contribution is 2.27. The second-order valence-corrected chi connectivity index (χ2v) is 8.93. The SMILES string of the molecule is O=C(O)c1ccc(OCC(CSc2ccccc2)CSc2ccccc2)cc1C(=O)O. The zero-order valence-corrected chi connectivity index (χ0v) is 18.3. The smallest absolute Gasteiger partial charge is 0.336 e. The second kappa shape index (κ2) is 11.5. The third-order valence-electron chi connectivity index (χ3n) is 4.40. The zero-order chi connectivity index (χ0) is 22.1. The van der Waals surface area contributed by atoms with Gasteiger partial charge in [-0.3, -0.25) is 0 Å². The molecule has 0 aliphatic rings. The van der Waals surface area contributed by atoms with Crippen molar-refractivity contribution < 1.29 is 24.5 Å². The Hall–Kier alpha value is -2.90. The Morgan fingerprint density at radius 2 is 1.26 bits per heavy atom. The molecule has 0 aliphatic heterocycles. The average molecular weight is 455 g/mol. The van der Waals surface area contributed by atoms with Gasteiger partial charge in [0.05, 0.1) is 17.7 Å². The van der Waals surface area contributed by atoms with E-state index in [1.165, 1.54) is 28.0 Å². The van der Waals surface area contributed by atoms with Crippen molar-refractivity contribution in [2.75, 3.05) is 18.1 Å². The van der Waals surface area contributed by atoms with Gasteiger partial charge in [0.25, 0.3) is 0 Å². The van der Waals surface area contributed by atoms with Gasteiger partial charge >= 0.3 is 11.9 Å². The number of ether oxygens (including phenoxy) is 1. The van der Waals surface area contributed by atoms with Crippen LogP contribution in [-0.4, -0.2) is 40.3 Å². The Balaban J connectivity index is 1.67. The number of carbonyl (C=O) groups is 2. The van der Waals surface area contributed by atoms with Crippen LogP contribution in [0.5, 0.6) is 5.75 Å². The summed E-state index contributed by atoms with van der Waals surface area (Å²) in [6.45, 7) is 0.394. The standard InChI is InChI=1S/C24H22O5S2/c25-23(26)21-12-11-18(13-22(21)24(27)28)29-14-17(15-30-19-7-3-1-4-8-19)16-31-20-9-5-2-6-10-20/h1-13,17H,14-16H2,(H,25,26)(H,27,28). The van der Waals surface area contributed by atoms with Crippen molar-refractivity contribution in [3.05, 3.63) is 90.0 Å². The van der Waals surface area contributed by atoms with Crippen LogP contribution in [0.2, 0.25) is 0 Å². The normalized spacial score (nSPS) is 10.7. The lowest BCUT2D eigenvalue weighted by Crippen LogP contribution is -2.18. The summed E-state index contributed by atoms with van der Waals surface area (Å²) in [5.74, 6) is -0.352. The Bertz CT molecular complexity index is 965. The van der Waals surface area contributed by atoms with Gasteiger partial charge in [-0.1, -0.05) is 36.4 Å². The number of thioether (sulfide) groups is 2. The topological polar surface area (TPSA) is 83.8 Å². The van der Waals surface area contributed by atoms with Crippen molar-refractivity contribution in [2.24, 2.45) is 5.92 Å². The summed E-state index contributed by atoms with van der Waals surface area (Å²) >= 11 is 3.50. The summed E-state index contributed by atoms with van der Waals surface area (Å²) < 4.78 is 5.89. The first-order valence-corrected chi connectivity index (χ1v) is 11.6. The first-order chi connectivity index (χ1) is 15.0. The Labute approximate surface area is 189 Å². The monoisotopic (exact) mass is 454 g/mol. The van der Waals surface area contributed by atoms with Crippen molar-refractivity contribution in [1.82, 2.24) is 0 Å². The van der Waals surface area contributed by atoms with E-state index in [2.05, 4.69) is 24.3 Å². The molecule has 0 saturated heterocycles. The van der Waals surface area contributed by atoms with E-state index in [9.17, 15) is 19.8 Å². The van der Waals surface area contributed by atoms with E-state index in [4.69, 9.17) is 4.74 Å². The van der Waals surface area contributed by atoms with Gasteiger partial charge < -0.3 is 14.9 Å². The summed E-state index contributed by atoms with van der Waals surface area (Å²) in [6, 6.07) is 24.3. The molecule has 0 aliphatic carbocycles. The van der Waals surface area contributed by atoms with Gasteiger partial charge in [-0.2, -0.15) is 0 Å². The maximum atomic E-state index is 11.4. The van der Waals surface area contributed by atoms with Crippen molar-refractivity contribution in [3.63, 3.8) is 0 Å². The molecule has 0 amide bonds. The highest BCUT2D eigenvalue weighted by molar-refractivity contribution is 8.00. The molecule has 0 bridgehead atoms. The van der Waals surface area contributed by atoms with Crippen LogP contribution in [0.15, 0.2) is 88.7 Å². The van der Waals surface area contributed by atoms with Crippen LogP contribution in [-0.2, 0) is 0 Å². The van der Waals surface area contributed by atoms with Gasteiger partial charge in [0, 0.05) is 27.2 Å². The van der Waals surface area contributed by atoms with Gasteiger partial charge in [0.2, 0.25) is 0 Å². The van der Waals surface area contributed by atoms with E-state index in [1.807, 2.05) is 36.4 Å². The van der Waals surface area contributed by atoms with Crippen molar-refractivity contribution >= 4 is 35.5 Å². The first kappa shape index (κ1) is 22.8. The van der Waals surface area contributed by atoms with Crippen molar-refractivity contribution in [3.8, 4) is 5.75 Å². The molecular weight excluding hydrogens is 432 g/mol. The van der Waals surface area contributed by atoms with Gasteiger partial charge in [-0.05, 0) is 42.5 Å². The van der Waals surface area contributed by atoms with E-state index in [0.29, 0.717) is 12.4 Å². The molecule has 0 fully saturated rings. The molecule has 5 nitrogen and oxygen atoms in total. The number of benzene rings is 3. The largest absolute Gasteiger partial charge is 0.493 e. The van der Waals surface area contributed by atoms with Crippen LogP contribution in [0, 0.1) is 5.92 Å². The summed E-state index contributed by atoms with van der Waals surface area (Å²) in [5.41, 5.74) is -0.533. The fourth-order valence-electron chi connectivity index (χ4n) is 2.80. The number of carboxylic acid groups (broad SMARTS) is 2. The average Bonchev–Trinajstić information content (AvgIpc) is 2.79. The quantitative estimate of drug-likeness (QED) is 0.362. The molecule has 3 aromatic carbocycles. The highest BCUT2D eigenvalue weighted by atomic mass is 32.2. The summed E-state index contributed by atoms with van der Waals surface area (Å²) in [5, 5.41) is 18.5. The Kier molecular flexibility index (Phi) is 8.44. The van der Waals surface area contributed by atoms with Crippen LogP contribution >= 0.6 is 23.5 Å². The molecule has 31 heavy (non-hydrogen) atoms. The lowest BCUT2D eigenvalue weighted by Gasteiger charge is -2.18. The van der Waals surface area contributed by atoms with Crippen LogP contribution in [0.4, 0.5) is 0 Å². The van der Waals surface area contributed by atoms with Gasteiger partial charge in [-0.15, -0.1) is 23.5 Å². The lowest BCUT2D eigenvalue weighted by molar-refractivity contribution is 0.0651. The Morgan fingerprint density at radius 1 is 0.742 bits per heavy atom. The molecule has 0 radical (unpaired) electrons. The summed E-state index contributed by atoms with van der Waals surface area (Å²) in [4.78, 5) is 25.0. The Morgan fingerprint density at radius 3 is 1.74 bits per heavy atom. The van der Waals surface area contributed by atoms with Crippen molar-refractivity contribution in [1.29, 1.82) is 0 Å². The number of aromatic carboxylic acids is 2. The minimum Gasteiger partial charge on any atom is -0.493 e. The molecule has 3 aromatic rings. The maximum Gasteiger partial charge on any atom is 0.336 e. The third kappa shape index (κ3) is 7.08. The van der Waals surface area contributed by atoms with E-state index in [1.54, 1.807) is 23.5 Å². The summed E-state index contributed by atoms with van der Waals surface area (Å²) in [6.07, 6.45) is 0. The predicted octanol–water partition coefficient (Wildman–Crippen LogP) is 5.66. The van der Waals surface area contributed by atoms with Gasteiger partial charge in [0.1, 0.15) is 5.75 Å². The number of hydrogen-bond donors (Lipinski definition) is 2. The molecule has 7 heteroatoms. The van der Waals surface area contributed by atoms with Gasteiger partial charge in [0.15, 0.2) is 0 Å². The molecule has 0 spiro atoms. The van der Waals surface area contributed by atoms with Gasteiger partial charge in [-0.25, -0.2) is 9.59 Å². The highest BCUT2D eigenvalue weighted by Gasteiger charge is 2.18. The molecule has 0 aromatic heterocycles. The molecule has 0 unspecified atom stereocenters. The molecule has 0 atom stereocenters. The fourth-order valence-corrected chi connectivity index (χ4v) is 4.93. The molecule has 0 heterocycles. The maximum absolute atomic E-state index is 11.4. The minimum absolute atomic E-state index is 0.197. The van der Waals surface area contributed by atoms with Crippen molar-refractivity contribution in [2.45, 2.75) is 9.79 Å². The second-order valence-electron chi connectivity index (χ2n) is 6.74. The van der Waals surface area contributed by atoms with Crippen LogP contribution < -0.4 is 4.74 Å². The third-order valence-corrected chi connectivity index (χ3v) is 6.88. The van der Waals surface area contributed by atoms with E-state index in [0.717, 1.165) is 11.5 Å². The van der Waals surface area contributed by atoms with E-state index >= 15 is 0 Å². The fraction of sp³-hybridized carbons (Fsp3) is 0.167. The molecule has 2 N–H and O–H groups in total. The number of rotatable bonds is 11.